The molecule has 0 bridgehead atoms. The first-order valence-corrected chi connectivity index (χ1v) is 9.17. The minimum atomic E-state index is -0.356. The van der Waals surface area contributed by atoms with Gasteiger partial charge >= 0.3 is 0 Å². The number of rotatable bonds is 4. The van der Waals surface area contributed by atoms with Crippen molar-refractivity contribution < 1.29 is 9.72 Å². The van der Waals surface area contributed by atoms with Gasteiger partial charge in [0.1, 0.15) is 5.69 Å². The molecule has 1 N–H and O–H groups in total. The number of halogens is 1. The molecule has 3 rings (SSSR count). The van der Waals surface area contributed by atoms with Crippen LogP contribution in [-0.2, 0) is 4.79 Å². The van der Waals surface area contributed by atoms with E-state index < -0.39 is 0 Å². The lowest BCUT2D eigenvalue weighted by Gasteiger charge is -2.32. The molecule has 1 heterocycles. The maximum Gasteiger partial charge on any atom is 0.292 e. The highest BCUT2D eigenvalue weighted by Crippen LogP contribution is 2.31. The fourth-order valence-electron chi connectivity index (χ4n) is 3.05. The van der Waals surface area contributed by atoms with E-state index in [1.165, 1.54) is 6.07 Å². The summed E-state index contributed by atoms with van der Waals surface area (Å²) in [6.07, 6.45) is 1.37. The van der Waals surface area contributed by atoms with Gasteiger partial charge in [-0.25, -0.2) is 0 Å². The van der Waals surface area contributed by atoms with Gasteiger partial charge in [0, 0.05) is 34.3 Å². The second-order valence-corrected chi connectivity index (χ2v) is 7.25. The Labute approximate surface area is 159 Å². The molecule has 130 valence electrons. The molecule has 6 nitrogen and oxygen atoms in total. The van der Waals surface area contributed by atoms with Crippen LogP contribution in [0.3, 0.4) is 0 Å². The molecule has 0 atom stereocenters. The van der Waals surface area contributed by atoms with Crippen LogP contribution < -0.4 is 10.2 Å². The second kappa shape index (κ2) is 7.81. The SMILES string of the molecule is O=C(Nc1ccc(I)cc1)C1CCN(c2ccccc2[N+](=O)[O-])CC1. The second-order valence-electron chi connectivity index (χ2n) is 6.00. The Bertz CT molecular complexity index is 771. The number of nitro groups is 1. The molecule has 2 aromatic rings. The van der Waals surface area contributed by atoms with Crippen LogP contribution in [0.2, 0.25) is 0 Å². The Balaban J connectivity index is 1.61. The number of para-hydroxylation sites is 2. The van der Waals surface area contributed by atoms with E-state index in [-0.39, 0.29) is 22.4 Å². The third-order valence-corrected chi connectivity index (χ3v) is 5.12. The molecule has 0 aliphatic carbocycles. The topological polar surface area (TPSA) is 75.5 Å². The highest BCUT2D eigenvalue weighted by atomic mass is 127. The first-order chi connectivity index (χ1) is 12.0. The average molecular weight is 451 g/mol. The number of nitrogens with zero attached hydrogens (tertiary/aromatic N) is 2. The number of amides is 1. The van der Waals surface area contributed by atoms with Gasteiger partial charge in [-0.2, -0.15) is 0 Å². The molecule has 1 aliphatic heterocycles. The number of piperidine rings is 1. The molecule has 0 unspecified atom stereocenters. The number of hydrogen-bond donors (Lipinski definition) is 1. The van der Waals surface area contributed by atoms with E-state index in [0.717, 1.165) is 9.26 Å². The van der Waals surface area contributed by atoms with E-state index in [2.05, 4.69) is 27.9 Å². The number of carbonyl (C=O) groups is 1. The van der Waals surface area contributed by atoms with Crippen LogP contribution in [0, 0.1) is 19.6 Å². The van der Waals surface area contributed by atoms with Crippen molar-refractivity contribution >= 4 is 45.6 Å². The molecule has 0 aromatic heterocycles. The van der Waals surface area contributed by atoms with Crippen molar-refractivity contribution in [3.63, 3.8) is 0 Å². The summed E-state index contributed by atoms with van der Waals surface area (Å²) in [7, 11) is 0. The molecule has 0 radical (unpaired) electrons. The Morgan fingerprint density at radius 2 is 1.76 bits per heavy atom. The molecule has 2 aromatic carbocycles. The van der Waals surface area contributed by atoms with Crippen LogP contribution >= 0.6 is 22.6 Å². The average Bonchev–Trinajstić information content (AvgIpc) is 2.63. The van der Waals surface area contributed by atoms with Gasteiger partial charge in [0.25, 0.3) is 5.69 Å². The van der Waals surface area contributed by atoms with Crippen LogP contribution in [0.5, 0.6) is 0 Å². The predicted octanol–water partition coefficient (Wildman–Crippen LogP) is 4.05. The van der Waals surface area contributed by atoms with Crippen LogP contribution in [-0.4, -0.2) is 23.9 Å². The lowest BCUT2D eigenvalue weighted by atomic mass is 9.95. The Morgan fingerprint density at radius 1 is 1.12 bits per heavy atom. The first-order valence-electron chi connectivity index (χ1n) is 8.09. The molecule has 0 saturated carbocycles. The summed E-state index contributed by atoms with van der Waals surface area (Å²) in [6, 6.07) is 14.4. The number of carbonyl (C=O) groups excluding carboxylic acids is 1. The fraction of sp³-hybridized carbons (Fsp3) is 0.278. The van der Waals surface area contributed by atoms with E-state index in [0.29, 0.717) is 31.6 Å². The van der Waals surface area contributed by atoms with E-state index in [1.54, 1.807) is 18.2 Å². The number of benzene rings is 2. The predicted molar refractivity (Wildman–Crippen MR) is 106 cm³/mol. The van der Waals surface area contributed by atoms with Crippen molar-refractivity contribution in [3.8, 4) is 0 Å². The van der Waals surface area contributed by atoms with Gasteiger partial charge < -0.3 is 10.2 Å². The van der Waals surface area contributed by atoms with Crippen LogP contribution in [0.25, 0.3) is 0 Å². The van der Waals surface area contributed by atoms with Gasteiger partial charge in [0.15, 0.2) is 0 Å². The van der Waals surface area contributed by atoms with E-state index in [4.69, 9.17) is 0 Å². The van der Waals surface area contributed by atoms with Gasteiger partial charge in [0.05, 0.1) is 4.92 Å². The largest absolute Gasteiger partial charge is 0.366 e. The summed E-state index contributed by atoms with van der Waals surface area (Å²) in [4.78, 5) is 25.2. The molecule has 1 aliphatic rings. The smallest absolute Gasteiger partial charge is 0.292 e. The lowest BCUT2D eigenvalue weighted by molar-refractivity contribution is -0.384. The van der Waals surface area contributed by atoms with Crippen molar-refractivity contribution in [1.82, 2.24) is 0 Å². The van der Waals surface area contributed by atoms with E-state index in [9.17, 15) is 14.9 Å². The maximum absolute atomic E-state index is 12.4. The molecule has 0 spiro atoms. The standard InChI is InChI=1S/C18H18IN3O3/c19-14-5-7-15(8-6-14)20-18(23)13-9-11-21(12-10-13)16-3-1-2-4-17(16)22(24)25/h1-8,13H,9-12H2,(H,20,23). The zero-order valence-corrected chi connectivity index (χ0v) is 15.7. The minimum Gasteiger partial charge on any atom is -0.366 e. The van der Waals surface area contributed by atoms with Gasteiger partial charge in [0.2, 0.25) is 5.91 Å². The molecular formula is C18H18IN3O3. The maximum atomic E-state index is 12.4. The summed E-state index contributed by atoms with van der Waals surface area (Å²) >= 11 is 2.22. The molecule has 7 heteroatoms. The van der Waals surface area contributed by atoms with Gasteiger partial charge in [-0.15, -0.1) is 0 Å². The summed E-state index contributed by atoms with van der Waals surface area (Å²) in [6.45, 7) is 1.27. The van der Waals surface area contributed by atoms with Crippen molar-refractivity contribution in [2.75, 3.05) is 23.3 Å². The quantitative estimate of drug-likeness (QED) is 0.433. The normalized spacial score (nSPS) is 15.0. The zero-order chi connectivity index (χ0) is 17.8. The summed E-state index contributed by atoms with van der Waals surface area (Å²) in [5, 5.41) is 14.1. The Kier molecular flexibility index (Phi) is 5.52. The molecule has 1 fully saturated rings. The number of nitro benzene ring substituents is 1. The van der Waals surface area contributed by atoms with Gasteiger partial charge in [-0.1, -0.05) is 12.1 Å². The van der Waals surface area contributed by atoms with Gasteiger partial charge in [-0.3, -0.25) is 14.9 Å². The highest BCUT2D eigenvalue weighted by molar-refractivity contribution is 14.1. The molecule has 1 amide bonds. The van der Waals surface area contributed by atoms with Crippen molar-refractivity contribution in [2.24, 2.45) is 5.92 Å². The molecule has 1 saturated heterocycles. The lowest BCUT2D eigenvalue weighted by Crippen LogP contribution is -2.38. The summed E-state index contributed by atoms with van der Waals surface area (Å²) < 4.78 is 1.12. The summed E-state index contributed by atoms with van der Waals surface area (Å²) in [5.74, 6) is -0.0540. The van der Waals surface area contributed by atoms with Crippen LogP contribution in [0.15, 0.2) is 48.5 Å². The van der Waals surface area contributed by atoms with E-state index >= 15 is 0 Å². The third kappa shape index (κ3) is 4.28. The molecular weight excluding hydrogens is 433 g/mol. The highest BCUT2D eigenvalue weighted by Gasteiger charge is 2.28. The summed E-state index contributed by atoms with van der Waals surface area (Å²) in [5.41, 5.74) is 1.54. The van der Waals surface area contributed by atoms with E-state index in [1.807, 2.05) is 29.2 Å². The van der Waals surface area contributed by atoms with Crippen molar-refractivity contribution in [1.29, 1.82) is 0 Å². The Hall–Kier alpha value is -2.16. The third-order valence-electron chi connectivity index (χ3n) is 4.40. The fourth-order valence-corrected chi connectivity index (χ4v) is 3.41. The van der Waals surface area contributed by atoms with Crippen molar-refractivity contribution in [2.45, 2.75) is 12.8 Å². The molecule has 25 heavy (non-hydrogen) atoms. The Morgan fingerprint density at radius 3 is 2.40 bits per heavy atom. The van der Waals surface area contributed by atoms with Gasteiger partial charge in [-0.05, 0) is 65.8 Å². The number of anilines is 2. The number of hydrogen-bond acceptors (Lipinski definition) is 4. The van der Waals surface area contributed by atoms with Crippen molar-refractivity contribution in [3.05, 3.63) is 62.2 Å². The number of nitrogens with one attached hydrogen (secondary N) is 1. The van der Waals surface area contributed by atoms with Crippen LogP contribution in [0.1, 0.15) is 12.8 Å². The minimum absolute atomic E-state index is 0.0171. The van der Waals surface area contributed by atoms with Crippen LogP contribution in [0.4, 0.5) is 17.1 Å². The first kappa shape index (κ1) is 17.7. The monoisotopic (exact) mass is 451 g/mol. The zero-order valence-electron chi connectivity index (χ0n) is 13.5.